The summed E-state index contributed by atoms with van der Waals surface area (Å²) in [7, 11) is 0. The molecular weight excluding hydrogens is 500 g/mol. The summed E-state index contributed by atoms with van der Waals surface area (Å²) >= 11 is 6.07. The maximum atomic E-state index is 13.3. The number of para-hydroxylation sites is 2. The smallest absolute Gasteiger partial charge is 0.248 e. The molecule has 38 heavy (non-hydrogen) atoms. The van der Waals surface area contributed by atoms with Gasteiger partial charge in [0.25, 0.3) is 0 Å². The number of benzene rings is 2. The number of hydrogen-bond acceptors (Lipinski definition) is 5. The minimum absolute atomic E-state index is 0.0215. The van der Waals surface area contributed by atoms with E-state index >= 15 is 0 Å². The van der Waals surface area contributed by atoms with Crippen LogP contribution < -0.4 is 16.4 Å². The molecule has 1 heterocycles. The molecule has 0 bridgehead atoms. The standard InChI is InChI=1S/C30H35ClN4O3/c1-30(2,38)19-35-17-24(25(18-35)29(37)33-23-14-12-22(31)13-15-23)21-10-7-20(8-11-21)9-16-28(36)34-27-6-4-3-5-26(27)32/h3-12,14,16,24-25,38H,13,15,17-19,32H2,1-2H3,(H,33,37)(H,34,36)/b16-9+/t24-,25+/m0/s1. The Kier molecular flexibility index (Phi) is 8.72. The van der Waals surface area contributed by atoms with E-state index in [0.717, 1.165) is 28.3 Å². The molecule has 1 aliphatic carbocycles. The van der Waals surface area contributed by atoms with Crippen LogP contribution in [-0.2, 0) is 9.59 Å². The second-order valence-electron chi connectivity index (χ2n) is 10.6. The predicted octanol–water partition coefficient (Wildman–Crippen LogP) is 4.62. The van der Waals surface area contributed by atoms with Crippen LogP contribution in [0, 0.1) is 5.92 Å². The molecule has 0 radical (unpaired) electrons. The topological polar surface area (TPSA) is 108 Å². The fraction of sp³-hybridized carbons (Fsp3) is 0.333. The van der Waals surface area contributed by atoms with Crippen LogP contribution in [0.1, 0.15) is 43.7 Å². The van der Waals surface area contributed by atoms with Gasteiger partial charge in [-0.3, -0.25) is 14.5 Å². The van der Waals surface area contributed by atoms with Gasteiger partial charge in [0.2, 0.25) is 11.8 Å². The van der Waals surface area contributed by atoms with E-state index in [1.54, 1.807) is 32.1 Å². The van der Waals surface area contributed by atoms with Crippen molar-refractivity contribution in [3.8, 4) is 0 Å². The molecule has 1 aliphatic heterocycles. The van der Waals surface area contributed by atoms with Gasteiger partial charge in [0.15, 0.2) is 0 Å². The lowest BCUT2D eigenvalue weighted by Crippen LogP contribution is -2.38. The SMILES string of the molecule is CC(C)(O)CN1C[C@@H](C(=O)NC2=CC=C(Cl)CC2)[C@H](c2ccc(/C=C/C(=O)Nc3ccccc3N)cc2)C1. The van der Waals surface area contributed by atoms with Gasteiger partial charge in [-0.1, -0.05) is 48.0 Å². The lowest BCUT2D eigenvalue weighted by Gasteiger charge is -2.25. The normalized spacial score (nSPS) is 20.2. The number of nitrogens with one attached hydrogen (secondary N) is 2. The fourth-order valence-electron chi connectivity index (χ4n) is 4.94. The van der Waals surface area contributed by atoms with E-state index in [9.17, 15) is 14.7 Å². The first-order chi connectivity index (χ1) is 18.1. The maximum Gasteiger partial charge on any atom is 0.248 e. The third-order valence-electron chi connectivity index (χ3n) is 6.74. The average molecular weight is 535 g/mol. The minimum Gasteiger partial charge on any atom is -0.397 e. The second kappa shape index (κ2) is 12.0. The highest BCUT2D eigenvalue weighted by Crippen LogP contribution is 2.34. The lowest BCUT2D eigenvalue weighted by molar-refractivity contribution is -0.124. The molecule has 0 saturated carbocycles. The van der Waals surface area contributed by atoms with Gasteiger partial charge in [0.1, 0.15) is 0 Å². The van der Waals surface area contributed by atoms with Crippen LogP contribution in [0.15, 0.2) is 77.5 Å². The lowest BCUT2D eigenvalue weighted by atomic mass is 9.87. The van der Waals surface area contributed by atoms with E-state index in [1.807, 2.05) is 48.6 Å². The van der Waals surface area contributed by atoms with Crippen molar-refractivity contribution in [3.63, 3.8) is 0 Å². The van der Waals surface area contributed by atoms with Crippen LogP contribution in [-0.4, -0.2) is 47.1 Å². The fourth-order valence-corrected chi connectivity index (χ4v) is 5.10. The number of hydrogen-bond donors (Lipinski definition) is 4. The number of aliphatic hydroxyl groups is 1. The first-order valence-corrected chi connectivity index (χ1v) is 13.2. The third kappa shape index (κ3) is 7.57. The van der Waals surface area contributed by atoms with Crippen molar-refractivity contribution in [2.75, 3.05) is 30.7 Å². The largest absolute Gasteiger partial charge is 0.397 e. The Balaban J connectivity index is 1.45. The molecule has 7 nitrogen and oxygen atoms in total. The van der Waals surface area contributed by atoms with Gasteiger partial charge in [0, 0.05) is 42.4 Å². The third-order valence-corrected chi connectivity index (χ3v) is 7.05. The highest BCUT2D eigenvalue weighted by molar-refractivity contribution is 6.29. The van der Waals surface area contributed by atoms with Gasteiger partial charge in [-0.2, -0.15) is 0 Å². The second-order valence-corrected chi connectivity index (χ2v) is 11.1. The number of likely N-dealkylation sites (tertiary alicyclic amines) is 1. The van der Waals surface area contributed by atoms with E-state index in [0.29, 0.717) is 37.4 Å². The summed E-state index contributed by atoms with van der Waals surface area (Å²) in [5, 5.41) is 17.0. The number of β-amino-alcohol motifs (C(OH)–C–C–N with tert-alkyl or cyclic N) is 1. The molecule has 2 aliphatic rings. The first-order valence-electron chi connectivity index (χ1n) is 12.8. The van der Waals surface area contributed by atoms with E-state index in [1.165, 1.54) is 6.08 Å². The number of carbonyl (C=O) groups is 2. The van der Waals surface area contributed by atoms with E-state index < -0.39 is 5.60 Å². The number of nitrogens with two attached hydrogens (primary N) is 1. The zero-order chi connectivity index (χ0) is 27.3. The summed E-state index contributed by atoms with van der Waals surface area (Å²) < 4.78 is 0. The molecule has 0 aromatic heterocycles. The van der Waals surface area contributed by atoms with Gasteiger partial charge in [-0.25, -0.2) is 0 Å². The number of halogens is 1. The summed E-state index contributed by atoms with van der Waals surface area (Å²) in [5.41, 5.74) is 8.89. The summed E-state index contributed by atoms with van der Waals surface area (Å²) in [6, 6.07) is 15.0. The number of amides is 2. The van der Waals surface area contributed by atoms with Crippen molar-refractivity contribution in [2.45, 2.75) is 38.2 Å². The van der Waals surface area contributed by atoms with Crippen molar-refractivity contribution in [3.05, 3.63) is 88.6 Å². The van der Waals surface area contributed by atoms with Crippen molar-refractivity contribution in [2.24, 2.45) is 5.92 Å². The summed E-state index contributed by atoms with van der Waals surface area (Å²) in [6.45, 7) is 5.28. The molecule has 2 aromatic rings. The van der Waals surface area contributed by atoms with Crippen LogP contribution in [0.4, 0.5) is 11.4 Å². The van der Waals surface area contributed by atoms with Crippen molar-refractivity contribution >= 4 is 40.9 Å². The van der Waals surface area contributed by atoms with Crippen LogP contribution >= 0.6 is 11.6 Å². The van der Waals surface area contributed by atoms with E-state index in [-0.39, 0.29) is 23.7 Å². The first kappa shape index (κ1) is 27.6. The number of rotatable bonds is 8. The molecule has 8 heteroatoms. The summed E-state index contributed by atoms with van der Waals surface area (Å²) in [5.74, 6) is -0.576. The molecular formula is C30H35ClN4O3. The molecule has 2 amide bonds. The molecule has 1 fully saturated rings. The zero-order valence-electron chi connectivity index (χ0n) is 21.8. The monoisotopic (exact) mass is 534 g/mol. The zero-order valence-corrected chi connectivity index (χ0v) is 22.5. The van der Waals surface area contributed by atoms with Crippen molar-refractivity contribution < 1.29 is 14.7 Å². The molecule has 4 rings (SSSR count). The highest BCUT2D eigenvalue weighted by atomic mass is 35.5. The number of nitrogen functional groups attached to an aromatic ring is 1. The molecule has 1 saturated heterocycles. The maximum absolute atomic E-state index is 13.3. The van der Waals surface area contributed by atoms with Gasteiger partial charge in [-0.05, 0) is 68.2 Å². The van der Waals surface area contributed by atoms with Crippen LogP contribution in [0.3, 0.4) is 0 Å². The van der Waals surface area contributed by atoms with Crippen molar-refractivity contribution in [1.82, 2.24) is 10.2 Å². The molecule has 2 atom stereocenters. The van der Waals surface area contributed by atoms with Crippen LogP contribution in [0.25, 0.3) is 6.08 Å². The van der Waals surface area contributed by atoms with E-state index in [2.05, 4.69) is 15.5 Å². The van der Waals surface area contributed by atoms with Crippen molar-refractivity contribution in [1.29, 1.82) is 0 Å². The van der Waals surface area contributed by atoms with Gasteiger partial charge < -0.3 is 21.5 Å². The summed E-state index contributed by atoms with van der Waals surface area (Å²) in [4.78, 5) is 27.8. The molecule has 2 aromatic carbocycles. The number of carbonyl (C=O) groups excluding carboxylic acids is 2. The Bertz CT molecular complexity index is 1260. The Morgan fingerprint density at radius 1 is 1.08 bits per heavy atom. The van der Waals surface area contributed by atoms with Gasteiger partial charge in [-0.15, -0.1) is 0 Å². The Morgan fingerprint density at radius 3 is 2.47 bits per heavy atom. The average Bonchev–Trinajstić information content (AvgIpc) is 3.28. The number of anilines is 2. The quantitative estimate of drug-likeness (QED) is 0.292. The highest BCUT2D eigenvalue weighted by Gasteiger charge is 2.40. The number of allylic oxidation sites excluding steroid dienone is 4. The summed E-state index contributed by atoms with van der Waals surface area (Å²) in [6.07, 6.45) is 8.33. The Morgan fingerprint density at radius 2 is 1.82 bits per heavy atom. The van der Waals surface area contributed by atoms with Crippen LogP contribution in [0.2, 0.25) is 0 Å². The molecule has 0 spiro atoms. The van der Waals surface area contributed by atoms with Crippen LogP contribution in [0.5, 0.6) is 0 Å². The molecule has 5 N–H and O–H groups in total. The molecule has 0 unspecified atom stereocenters. The Labute approximate surface area is 229 Å². The number of nitrogens with zero attached hydrogens (tertiary/aromatic N) is 1. The molecule has 200 valence electrons. The van der Waals surface area contributed by atoms with Gasteiger partial charge >= 0.3 is 0 Å². The van der Waals surface area contributed by atoms with Gasteiger partial charge in [0.05, 0.1) is 22.9 Å². The van der Waals surface area contributed by atoms with E-state index in [4.69, 9.17) is 17.3 Å². The Hall–Kier alpha value is -3.39. The minimum atomic E-state index is -0.858. The predicted molar refractivity (Wildman–Crippen MR) is 153 cm³/mol.